The zero-order chi connectivity index (χ0) is 32.3. The van der Waals surface area contributed by atoms with Crippen LogP contribution in [0.4, 0.5) is 9.59 Å². The van der Waals surface area contributed by atoms with Crippen LogP contribution in [0.15, 0.2) is 36.4 Å². The van der Waals surface area contributed by atoms with Crippen LogP contribution in [0.3, 0.4) is 0 Å². The van der Waals surface area contributed by atoms with E-state index in [4.69, 9.17) is 14.2 Å². The molecular weight excluding hydrogens is 596 g/mol. The molecule has 1 aliphatic carbocycles. The number of allylic oxidation sites excluding steroid dienone is 1. The van der Waals surface area contributed by atoms with E-state index >= 15 is 0 Å². The summed E-state index contributed by atoms with van der Waals surface area (Å²) in [5.74, 6) is -2.63. The van der Waals surface area contributed by atoms with Crippen molar-refractivity contribution >= 4 is 30.0 Å². The van der Waals surface area contributed by atoms with Crippen molar-refractivity contribution in [3.8, 4) is 0 Å². The fourth-order valence-corrected chi connectivity index (χ4v) is 6.95. The summed E-state index contributed by atoms with van der Waals surface area (Å²) in [7, 11) is 0. The van der Waals surface area contributed by atoms with Gasteiger partial charge in [-0.3, -0.25) is 9.59 Å². The molecule has 1 aromatic rings. The van der Waals surface area contributed by atoms with Crippen molar-refractivity contribution in [3.63, 3.8) is 0 Å². The van der Waals surface area contributed by atoms with Crippen LogP contribution in [0.2, 0.25) is 0 Å². The van der Waals surface area contributed by atoms with Gasteiger partial charge in [-0.1, -0.05) is 49.3 Å². The molecule has 0 radical (unpaired) electrons. The Morgan fingerprint density at radius 1 is 1.04 bits per heavy atom. The standard InChI is InChI=1S/C33H42N4O9/c38-28-27-16-25(46-32(43)36-14-12-21-8-6-7-9-22(21)18-36)19-37(27)29(39)26(34-31(42)45-24-13-15-44-20-24)11-5-3-1-2-4-10-23-17-33(23,35-28)30(40)41/h4,6-10,23-27H,1-3,5,11-20H2,(H,34,42)(H,35,38)(H,40,41)/b10-4-/t23-,24-,25+,26-,27-,33+/m0/s1. The van der Waals surface area contributed by atoms with Crippen molar-refractivity contribution in [3.05, 3.63) is 47.5 Å². The zero-order valence-electron chi connectivity index (χ0n) is 25.9. The molecule has 46 heavy (non-hydrogen) atoms. The first-order valence-corrected chi connectivity index (χ1v) is 16.3. The average molecular weight is 639 g/mol. The van der Waals surface area contributed by atoms with Crippen LogP contribution in [0.25, 0.3) is 0 Å². The molecule has 13 heteroatoms. The minimum atomic E-state index is -1.46. The number of nitrogens with one attached hydrogen (secondary N) is 2. The number of carbonyl (C=O) groups is 5. The monoisotopic (exact) mass is 638 g/mol. The van der Waals surface area contributed by atoms with E-state index in [1.54, 1.807) is 4.90 Å². The van der Waals surface area contributed by atoms with Gasteiger partial charge in [-0.2, -0.15) is 0 Å². The Labute approximate surface area is 267 Å². The highest BCUT2D eigenvalue weighted by Crippen LogP contribution is 2.45. The highest BCUT2D eigenvalue weighted by Gasteiger charge is 2.61. The SMILES string of the molecule is O=C(N[C@H]1CCCCC/C=C\[C@H]2C[C@@]2(C(=O)O)NC(=O)[C@@H]2C[C@@H](OC(=O)N3CCc4ccccc4C3)CN2C1=O)O[C@H]1CCOC1. The van der Waals surface area contributed by atoms with Crippen molar-refractivity contribution in [2.75, 3.05) is 26.3 Å². The maximum atomic E-state index is 14.1. The molecule has 3 fully saturated rings. The van der Waals surface area contributed by atoms with E-state index in [0.717, 1.165) is 24.8 Å². The molecule has 248 valence electrons. The molecule has 13 nitrogen and oxygen atoms in total. The third-order valence-corrected chi connectivity index (χ3v) is 9.73. The number of carboxylic acids is 1. The molecule has 1 aromatic carbocycles. The molecule has 4 amide bonds. The molecule has 2 saturated heterocycles. The predicted octanol–water partition coefficient (Wildman–Crippen LogP) is 2.51. The summed E-state index contributed by atoms with van der Waals surface area (Å²) in [6.07, 6.45) is 6.12. The van der Waals surface area contributed by atoms with Crippen molar-refractivity contribution in [1.29, 1.82) is 0 Å². The summed E-state index contributed by atoms with van der Waals surface area (Å²) >= 11 is 0. The smallest absolute Gasteiger partial charge is 0.410 e. The lowest BCUT2D eigenvalue weighted by molar-refractivity contribution is -0.145. The number of alkyl carbamates (subject to hydrolysis) is 1. The lowest BCUT2D eigenvalue weighted by atomic mass is 10.0. The summed E-state index contributed by atoms with van der Waals surface area (Å²) in [6, 6.07) is 5.82. The van der Waals surface area contributed by atoms with Crippen molar-refractivity contribution in [1.82, 2.24) is 20.4 Å². The van der Waals surface area contributed by atoms with Gasteiger partial charge in [-0.05, 0) is 43.2 Å². The molecule has 0 aromatic heterocycles. The van der Waals surface area contributed by atoms with Crippen LogP contribution in [0, 0.1) is 5.92 Å². The van der Waals surface area contributed by atoms with Gasteiger partial charge in [0.2, 0.25) is 11.8 Å². The van der Waals surface area contributed by atoms with E-state index in [2.05, 4.69) is 10.6 Å². The summed E-state index contributed by atoms with van der Waals surface area (Å²) in [6.45, 7) is 1.58. The number of ether oxygens (including phenoxy) is 3. The van der Waals surface area contributed by atoms with E-state index in [9.17, 15) is 29.1 Å². The second-order valence-electron chi connectivity index (χ2n) is 12.9. The molecule has 4 aliphatic heterocycles. The lowest BCUT2D eigenvalue weighted by Crippen LogP contribution is -2.56. The number of carboxylic acid groups (broad SMARTS) is 1. The van der Waals surface area contributed by atoms with Gasteiger partial charge < -0.3 is 39.8 Å². The molecule has 0 bridgehead atoms. The highest BCUT2D eigenvalue weighted by molar-refractivity contribution is 5.96. The Morgan fingerprint density at radius 3 is 2.65 bits per heavy atom. The Bertz CT molecular complexity index is 1380. The van der Waals surface area contributed by atoms with Crippen LogP contribution >= 0.6 is 0 Å². The second kappa shape index (κ2) is 13.7. The fourth-order valence-electron chi connectivity index (χ4n) is 6.95. The van der Waals surface area contributed by atoms with Gasteiger partial charge in [0.1, 0.15) is 29.8 Å². The van der Waals surface area contributed by atoms with Gasteiger partial charge in [0.15, 0.2) is 0 Å². The number of carbonyl (C=O) groups excluding carboxylic acids is 4. The van der Waals surface area contributed by atoms with Gasteiger partial charge in [0.05, 0.1) is 19.8 Å². The Morgan fingerprint density at radius 2 is 1.87 bits per heavy atom. The van der Waals surface area contributed by atoms with Crippen molar-refractivity contribution < 1.29 is 43.3 Å². The summed E-state index contributed by atoms with van der Waals surface area (Å²) < 4.78 is 16.6. The highest BCUT2D eigenvalue weighted by atomic mass is 16.6. The summed E-state index contributed by atoms with van der Waals surface area (Å²) in [4.78, 5) is 69.3. The van der Waals surface area contributed by atoms with Gasteiger partial charge in [-0.25, -0.2) is 14.4 Å². The molecule has 5 aliphatic rings. The number of rotatable bonds is 4. The van der Waals surface area contributed by atoms with Gasteiger partial charge in [0, 0.05) is 31.8 Å². The maximum Gasteiger partial charge on any atom is 0.410 e. The number of hydrogen-bond acceptors (Lipinski definition) is 8. The molecule has 1 saturated carbocycles. The Kier molecular flexibility index (Phi) is 9.48. The number of nitrogens with zero attached hydrogens (tertiary/aromatic N) is 2. The van der Waals surface area contributed by atoms with Gasteiger partial charge >= 0.3 is 18.2 Å². The first-order valence-electron chi connectivity index (χ1n) is 16.3. The van der Waals surface area contributed by atoms with E-state index in [1.165, 1.54) is 10.5 Å². The van der Waals surface area contributed by atoms with Crippen LogP contribution in [0.5, 0.6) is 0 Å². The number of aliphatic carboxylic acids is 1. The van der Waals surface area contributed by atoms with E-state index in [0.29, 0.717) is 45.4 Å². The van der Waals surface area contributed by atoms with E-state index in [-0.39, 0.29) is 31.9 Å². The topological polar surface area (TPSA) is 164 Å². The van der Waals surface area contributed by atoms with Crippen LogP contribution in [0.1, 0.15) is 62.5 Å². The summed E-state index contributed by atoms with van der Waals surface area (Å²) in [5.41, 5.74) is 0.762. The molecular formula is C33H42N4O9. The Balaban J connectivity index is 1.20. The first-order chi connectivity index (χ1) is 22.2. The minimum absolute atomic E-state index is 0.000520. The summed E-state index contributed by atoms with van der Waals surface area (Å²) in [5, 5.41) is 15.5. The Hall–Kier alpha value is -4.13. The molecule has 4 heterocycles. The zero-order valence-corrected chi connectivity index (χ0v) is 25.9. The first kappa shape index (κ1) is 31.8. The van der Waals surface area contributed by atoms with Gasteiger partial charge in [-0.15, -0.1) is 0 Å². The number of amides is 4. The molecule has 3 N–H and O–H groups in total. The van der Waals surface area contributed by atoms with E-state index in [1.807, 2.05) is 36.4 Å². The van der Waals surface area contributed by atoms with Crippen molar-refractivity contribution in [2.24, 2.45) is 5.92 Å². The normalized spacial score (nSPS) is 32.0. The maximum absolute atomic E-state index is 14.1. The van der Waals surface area contributed by atoms with Crippen LogP contribution in [-0.2, 0) is 41.6 Å². The van der Waals surface area contributed by atoms with Crippen molar-refractivity contribution in [2.45, 2.75) is 94.2 Å². The molecule has 0 spiro atoms. The second-order valence-corrected chi connectivity index (χ2v) is 12.9. The quantitative estimate of drug-likeness (QED) is 0.421. The molecule has 6 rings (SSSR count). The van der Waals surface area contributed by atoms with Crippen LogP contribution in [-0.4, -0.2) is 101 Å². The number of hydrogen-bond donors (Lipinski definition) is 3. The number of benzene rings is 1. The van der Waals surface area contributed by atoms with Gasteiger partial charge in [0.25, 0.3) is 0 Å². The molecule has 6 atom stereocenters. The lowest BCUT2D eigenvalue weighted by Gasteiger charge is -2.30. The minimum Gasteiger partial charge on any atom is -0.479 e. The fraction of sp³-hybridized carbons (Fsp3) is 0.606. The third-order valence-electron chi connectivity index (χ3n) is 9.73. The third kappa shape index (κ3) is 6.98. The average Bonchev–Trinajstić information content (AvgIpc) is 3.32. The predicted molar refractivity (Wildman–Crippen MR) is 162 cm³/mol. The molecule has 0 unspecified atom stereocenters. The largest absolute Gasteiger partial charge is 0.479 e. The van der Waals surface area contributed by atoms with E-state index < -0.39 is 59.8 Å². The van der Waals surface area contributed by atoms with Crippen LogP contribution < -0.4 is 10.6 Å². The number of fused-ring (bicyclic) bond motifs is 3.